The normalized spacial score (nSPS) is 11.0. The Hall–Kier alpha value is -3.34. The number of nitrogens with zero attached hydrogens (tertiary/aromatic N) is 3. The first-order valence-corrected chi connectivity index (χ1v) is 11.7. The van der Waals surface area contributed by atoms with Gasteiger partial charge in [-0.15, -0.1) is 0 Å². The molecule has 0 aliphatic rings. The Morgan fingerprint density at radius 1 is 1.18 bits per heavy atom. The van der Waals surface area contributed by atoms with E-state index in [1.165, 1.54) is 23.7 Å². The number of carbonyl (C=O) groups is 2. The Balaban J connectivity index is 1.90. The minimum atomic E-state index is -0.635. The molecular formula is C26H25ClN4O2S. The molecule has 34 heavy (non-hydrogen) atoms. The van der Waals surface area contributed by atoms with E-state index in [0.717, 1.165) is 9.80 Å². The average Bonchev–Trinajstić information content (AvgIpc) is 2.79. The number of amides is 2. The second-order valence-electron chi connectivity index (χ2n) is 8.85. The highest BCUT2D eigenvalue weighted by Gasteiger charge is 2.26. The number of hydrogen-bond acceptors (Lipinski definition) is 6. The summed E-state index contributed by atoms with van der Waals surface area (Å²) < 4.78 is 3.27. The van der Waals surface area contributed by atoms with Gasteiger partial charge < -0.3 is 4.72 Å². The number of halogens is 1. The van der Waals surface area contributed by atoms with Crippen LogP contribution in [-0.2, 0) is 10.2 Å². The molecule has 2 aromatic carbocycles. The third-order valence-corrected chi connectivity index (χ3v) is 6.47. The maximum absolute atomic E-state index is 13.4. The number of hydrogen-bond donors (Lipinski definition) is 1. The van der Waals surface area contributed by atoms with Crippen molar-refractivity contribution in [2.24, 2.45) is 0 Å². The summed E-state index contributed by atoms with van der Waals surface area (Å²) in [6, 6.07) is 15.2. The molecule has 0 radical (unpaired) electrons. The fourth-order valence-corrected chi connectivity index (χ4v) is 4.35. The second kappa shape index (κ2) is 10.3. The van der Waals surface area contributed by atoms with Crippen molar-refractivity contribution < 1.29 is 9.59 Å². The lowest BCUT2D eigenvalue weighted by molar-refractivity contribution is -0.106. The summed E-state index contributed by atoms with van der Waals surface area (Å²) in [6.45, 7) is 10.0. The number of carbonyl (C=O) groups excluding carboxylic acids is 2. The number of aryl methyl sites for hydroxylation is 1. The third-order valence-electron chi connectivity index (χ3n) is 5.32. The Morgan fingerprint density at radius 3 is 2.44 bits per heavy atom. The largest absolute Gasteiger partial charge is 0.325 e. The molecule has 3 rings (SSSR count). The first kappa shape index (κ1) is 25.3. The lowest BCUT2D eigenvalue weighted by Gasteiger charge is -2.20. The molecule has 6 nitrogen and oxygen atoms in total. The molecule has 0 aliphatic carbocycles. The highest BCUT2D eigenvalue weighted by molar-refractivity contribution is 8.00. The van der Waals surface area contributed by atoms with E-state index >= 15 is 0 Å². The average molecular weight is 493 g/mol. The summed E-state index contributed by atoms with van der Waals surface area (Å²) in [5, 5.41) is 9.60. The molecule has 0 saturated carbocycles. The molecule has 0 saturated heterocycles. The first-order chi connectivity index (χ1) is 16.1. The molecule has 1 aromatic heterocycles. The molecule has 0 bridgehead atoms. The molecule has 1 N–H and O–H groups in total. The van der Waals surface area contributed by atoms with Crippen LogP contribution in [0.25, 0.3) is 0 Å². The quantitative estimate of drug-likeness (QED) is 0.314. The van der Waals surface area contributed by atoms with Crippen LogP contribution in [0, 0.1) is 25.2 Å². The van der Waals surface area contributed by atoms with E-state index in [9.17, 15) is 14.9 Å². The maximum atomic E-state index is 13.4. The zero-order valence-corrected chi connectivity index (χ0v) is 21.2. The lowest BCUT2D eigenvalue weighted by Crippen LogP contribution is -2.31. The number of benzene rings is 2. The molecule has 0 spiro atoms. The predicted molar refractivity (Wildman–Crippen MR) is 137 cm³/mol. The van der Waals surface area contributed by atoms with Gasteiger partial charge in [0.2, 0.25) is 6.41 Å². The molecule has 8 heteroatoms. The van der Waals surface area contributed by atoms with E-state index in [2.05, 4.69) is 42.6 Å². The van der Waals surface area contributed by atoms with Gasteiger partial charge in [-0.1, -0.05) is 44.5 Å². The van der Waals surface area contributed by atoms with Gasteiger partial charge in [0.15, 0.2) is 5.69 Å². The van der Waals surface area contributed by atoms with Crippen LogP contribution in [0.2, 0.25) is 5.02 Å². The minimum Gasteiger partial charge on any atom is -0.325 e. The summed E-state index contributed by atoms with van der Waals surface area (Å²) in [6.07, 6.45) is 1.88. The van der Waals surface area contributed by atoms with Crippen molar-refractivity contribution in [1.82, 2.24) is 4.98 Å². The molecule has 174 valence electrons. The zero-order chi connectivity index (χ0) is 25.0. The van der Waals surface area contributed by atoms with Gasteiger partial charge in [0.05, 0.1) is 16.3 Å². The third kappa shape index (κ3) is 5.41. The summed E-state index contributed by atoms with van der Waals surface area (Å²) in [5.41, 5.74) is 3.56. The maximum Gasteiger partial charge on any atom is 0.266 e. The van der Waals surface area contributed by atoms with Crippen LogP contribution >= 0.6 is 23.5 Å². The zero-order valence-electron chi connectivity index (χ0n) is 19.6. The standard InChI is InChI=1S/C26H25ClN4O2S/c1-16-12-23(22(13-28)29-14-16)31(15-32)25(33)24-17(2)21(11-10-20(24)27)30-34-19-8-6-18(7-9-19)26(3,4)5/h6-12,14-15,30H,1-5H3. The fraction of sp³-hybridized carbons (Fsp3) is 0.231. The molecule has 2 amide bonds. The highest BCUT2D eigenvalue weighted by atomic mass is 35.5. The van der Waals surface area contributed by atoms with Crippen molar-refractivity contribution in [1.29, 1.82) is 5.26 Å². The number of imide groups is 1. The van der Waals surface area contributed by atoms with Crippen molar-refractivity contribution >= 4 is 47.2 Å². The van der Waals surface area contributed by atoms with E-state index in [1.807, 2.05) is 18.2 Å². The molecular weight excluding hydrogens is 468 g/mol. The van der Waals surface area contributed by atoms with Crippen LogP contribution < -0.4 is 9.62 Å². The fourth-order valence-electron chi connectivity index (χ4n) is 3.35. The van der Waals surface area contributed by atoms with Gasteiger partial charge in [-0.25, -0.2) is 9.88 Å². The van der Waals surface area contributed by atoms with Crippen molar-refractivity contribution in [3.63, 3.8) is 0 Å². The van der Waals surface area contributed by atoms with E-state index in [1.54, 1.807) is 32.0 Å². The van der Waals surface area contributed by atoms with Gasteiger partial charge in [0, 0.05) is 16.8 Å². The molecule has 3 aromatic rings. The van der Waals surface area contributed by atoms with Crippen molar-refractivity contribution in [2.75, 3.05) is 9.62 Å². The Labute approximate surface area is 209 Å². The van der Waals surface area contributed by atoms with Gasteiger partial charge in [-0.05, 0) is 78.2 Å². The summed E-state index contributed by atoms with van der Waals surface area (Å²) in [5.74, 6) is -0.635. The molecule has 0 atom stereocenters. The number of pyridine rings is 1. The summed E-state index contributed by atoms with van der Waals surface area (Å²) in [4.78, 5) is 31.2. The summed E-state index contributed by atoms with van der Waals surface area (Å²) >= 11 is 7.80. The molecule has 0 fully saturated rings. The lowest BCUT2D eigenvalue weighted by atomic mass is 9.87. The van der Waals surface area contributed by atoms with E-state index in [0.29, 0.717) is 23.2 Å². The minimum absolute atomic E-state index is 0.0247. The Bertz CT molecular complexity index is 1280. The molecule has 0 aliphatic heterocycles. The number of anilines is 2. The van der Waals surface area contributed by atoms with Crippen LogP contribution in [0.5, 0.6) is 0 Å². The highest BCUT2D eigenvalue weighted by Crippen LogP contribution is 2.33. The van der Waals surface area contributed by atoms with Gasteiger partial charge >= 0.3 is 0 Å². The monoisotopic (exact) mass is 492 g/mol. The van der Waals surface area contributed by atoms with Crippen molar-refractivity contribution in [3.8, 4) is 6.07 Å². The van der Waals surface area contributed by atoms with Crippen LogP contribution in [-0.4, -0.2) is 17.3 Å². The first-order valence-electron chi connectivity index (χ1n) is 10.5. The van der Waals surface area contributed by atoms with E-state index in [4.69, 9.17) is 11.6 Å². The number of aromatic nitrogens is 1. The van der Waals surface area contributed by atoms with Crippen LogP contribution in [0.3, 0.4) is 0 Å². The van der Waals surface area contributed by atoms with Gasteiger partial charge in [-0.3, -0.25) is 9.59 Å². The smallest absolute Gasteiger partial charge is 0.266 e. The predicted octanol–water partition coefficient (Wildman–Crippen LogP) is 6.44. The van der Waals surface area contributed by atoms with Crippen LogP contribution in [0.1, 0.15) is 53.5 Å². The SMILES string of the molecule is Cc1cnc(C#N)c(N(C=O)C(=O)c2c(Cl)ccc(NSc3ccc(C(C)(C)C)cc3)c2C)c1. The number of nitrogens with one attached hydrogen (secondary N) is 1. The van der Waals surface area contributed by atoms with Gasteiger partial charge in [0.1, 0.15) is 6.07 Å². The Morgan fingerprint density at radius 2 is 1.85 bits per heavy atom. The Kier molecular flexibility index (Phi) is 7.65. The summed E-state index contributed by atoms with van der Waals surface area (Å²) in [7, 11) is 0. The van der Waals surface area contributed by atoms with Crippen molar-refractivity contribution in [2.45, 2.75) is 44.9 Å². The number of nitriles is 1. The second-order valence-corrected chi connectivity index (χ2v) is 10.1. The molecule has 0 unspecified atom stereocenters. The van der Waals surface area contributed by atoms with Crippen molar-refractivity contribution in [3.05, 3.63) is 81.6 Å². The van der Waals surface area contributed by atoms with E-state index < -0.39 is 5.91 Å². The van der Waals surface area contributed by atoms with Gasteiger partial charge in [0.25, 0.3) is 5.91 Å². The molecule has 1 heterocycles. The van der Waals surface area contributed by atoms with E-state index in [-0.39, 0.29) is 27.4 Å². The number of rotatable bonds is 6. The van der Waals surface area contributed by atoms with Crippen LogP contribution in [0.4, 0.5) is 11.4 Å². The topological polar surface area (TPSA) is 86.1 Å². The van der Waals surface area contributed by atoms with Gasteiger partial charge in [-0.2, -0.15) is 5.26 Å². The van der Waals surface area contributed by atoms with Crippen LogP contribution in [0.15, 0.2) is 53.6 Å².